The molecule has 0 fully saturated rings. The van der Waals surface area contributed by atoms with Crippen molar-refractivity contribution in [2.45, 2.75) is 25.8 Å². The minimum atomic E-state index is 0.252. The average molecular weight is 155 g/mol. The molecule has 1 aliphatic heterocycles. The van der Waals surface area contributed by atoms with Crippen LogP contribution in [0.2, 0.25) is 0 Å². The summed E-state index contributed by atoms with van der Waals surface area (Å²) in [5.74, 6) is 0. The summed E-state index contributed by atoms with van der Waals surface area (Å²) in [5, 5.41) is 1.99. The van der Waals surface area contributed by atoms with E-state index in [4.69, 9.17) is 0 Å². The summed E-state index contributed by atoms with van der Waals surface area (Å²) >= 11 is 1.56. The van der Waals surface area contributed by atoms with E-state index in [0.29, 0.717) is 0 Å². The Balaban J connectivity index is 2.57. The highest BCUT2D eigenvalue weighted by atomic mass is 32.1. The van der Waals surface area contributed by atoms with E-state index in [1.54, 1.807) is 11.5 Å². The van der Waals surface area contributed by atoms with Gasteiger partial charge in [-0.3, -0.25) is 8.75 Å². The van der Waals surface area contributed by atoms with Gasteiger partial charge in [0.2, 0.25) is 0 Å². The Morgan fingerprint density at radius 1 is 1.50 bits per heavy atom. The summed E-state index contributed by atoms with van der Waals surface area (Å²) < 4.78 is 1.85. The lowest BCUT2D eigenvalue weighted by molar-refractivity contribution is 0.658. The molecule has 0 aliphatic carbocycles. The first-order chi connectivity index (χ1) is 4.88. The van der Waals surface area contributed by atoms with E-state index in [9.17, 15) is 4.79 Å². The molecule has 2 bridgehead atoms. The van der Waals surface area contributed by atoms with Crippen molar-refractivity contribution < 1.29 is 0 Å². The van der Waals surface area contributed by atoms with E-state index in [2.05, 4.69) is 0 Å². The van der Waals surface area contributed by atoms with Crippen LogP contribution in [0.3, 0.4) is 0 Å². The number of hydrogen-bond donors (Lipinski definition) is 0. The van der Waals surface area contributed by atoms with E-state index in [0.717, 1.165) is 24.9 Å². The molecule has 0 atom stereocenters. The number of fused-ring (bicyclic) bond motifs is 2. The molecule has 1 aromatic rings. The molecule has 2 nitrogen and oxygen atoms in total. The molecular weight excluding hydrogens is 146 g/mol. The minimum absolute atomic E-state index is 0.252. The number of nitrogens with zero attached hydrogens (tertiary/aromatic N) is 1. The van der Waals surface area contributed by atoms with Crippen molar-refractivity contribution in [1.29, 1.82) is 0 Å². The summed E-state index contributed by atoms with van der Waals surface area (Å²) in [7, 11) is 0. The molecule has 0 saturated heterocycles. The molecule has 0 aromatic carbocycles. The van der Waals surface area contributed by atoms with Crippen LogP contribution in [0, 0.1) is 0 Å². The third-order valence-corrected chi connectivity index (χ3v) is 2.87. The first kappa shape index (κ1) is 6.16. The molecule has 0 saturated carbocycles. The van der Waals surface area contributed by atoms with Gasteiger partial charge in [0.25, 0.3) is 5.56 Å². The summed E-state index contributed by atoms with van der Waals surface area (Å²) in [6.07, 6.45) is 3.33. The molecule has 0 spiro atoms. The monoisotopic (exact) mass is 155 g/mol. The highest BCUT2D eigenvalue weighted by Gasteiger charge is 2.09. The molecule has 54 valence electrons. The predicted molar refractivity (Wildman–Crippen MR) is 41.5 cm³/mol. The lowest BCUT2D eigenvalue weighted by atomic mass is 10.2. The smallest absolute Gasteiger partial charge is 0.263 e. The van der Waals surface area contributed by atoms with Crippen molar-refractivity contribution in [3.05, 3.63) is 21.3 Å². The van der Waals surface area contributed by atoms with Gasteiger partial charge in [0.1, 0.15) is 0 Å². The van der Waals surface area contributed by atoms with E-state index in [-0.39, 0.29) is 5.56 Å². The zero-order chi connectivity index (χ0) is 6.97. The van der Waals surface area contributed by atoms with Crippen molar-refractivity contribution in [2.75, 3.05) is 0 Å². The topological polar surface area (TPSA) is 22.0 Å². The standard InChI is InChI=1S/C7H9NOS/c9-7-6-3-1-2-4-8(7)10-5-6/h5H,1-4H2. The molecule has 0 radical (unpaired) electrons. The fraction of sp³-hybridized carbons (Fsp3) is 0.571. The summed E-state index contributed by atoms with van der Waals surface area (Å²) in [5.41, 5.74) is 1.27. The summed E-state index contributed by atoms with van der Waals surface area (Å²) in [6.45, 7) is 0.934. The number of aromatic nitrogens is 1. The predicted octanol–water partition coefficient (Wildman–Crippen LogP) is 1.25. The van der Waals surface area contributed by atoms with E-state index in [1.165, 1.54) is 6.42 Å². The Hall–Kier alpha value is -0.570. The largest absolute Gasteiger partial charge is 0.268 e. The summed E-state index contributed by atoms with van der Waals surface area (Å²) in [4.78, 5) is 11.2. The average Bonchev–Trinajstić information content (AvgIpc) is 2.06. The van der Waals surface area contributed by atoms with Gasteiger partial charge in [0.05, 0.1) is 0 Å². The Kier molecular flexibility index (Phi) is 1.38. The maximum atomic E-state index is 11.2. The number of hydrogen-bond acceptors (Lipinski definition) is 2. The third-order valence-electron chi connectivity index (χ3n) is 1.88. The van der Waals surface area contributed by atoms with Crippen LogP contribution >= 0.6 is 11.5 Å². The first-order valence-electron chi connectivity index (χ1n) is 3.55. The third kappa shape index (κ3) is 0.814. The first-order valence-corrected chi connectivity index (χ1v) is 4.39. The number of rotatable bonds is 0. The molecule has 2 heterocycles. The lowest BCUT2D eigenvalue weighted by Crippen LogP contribution is -2.13. The van der Waals surface area contributed by atoms with Crippen molar-refractivity contribution in [3.63, 3.8) is 0 Å². The van der Waals surface area contributed by atoms with Crippen molar-refractivity contribution in [2.24, 2.45) is 0 Å². The van der Waals surface area contributed by atoms with Gasteiger partial charge in [0.15, 0.2) is 0 Å². The fourth-order valence-electron chi connectivity index (χ4n) is 1.28. The highest BCUT2D eigenvalue weighted by molar-refractivity contribution is 7.04. The van der Waals surface area contributed by atoms with E-state index >= 15 is 0 Å². The fourth-order valence-corrected chi connectivity index (χ4v) is 2.20. The molecule has 0 amide bonds. The van der Waals surface area contributed by atoms with Crippen molar-refractivity contribution in [3.8, 4) is 0 Å². The second-order valence-corrected chi connectivity index (χ2v) is 3.50. The minimum Gasteiger partial charge on any atom is -0.268 e. The second kappa shape index (κ2) is 2.23. The van der Waals surface area contributed by atoms with Gasteiger partial charge in [0, 0.05) is 17.5 Å². The highest BCUT2D eigenvalue weighted by Crippen LogP contribution is 2.10. The molecule has 3 heteroatoms. The number of aryl methyl sites for hydroxylation is 2. The lowest BCUT2D eigenvalue weighted by Gasteiger charge is -1.95. The van der Waals surface area contributed by atoms with Crippen LogP contribution in [0.15, 0.2) is 10.2 Å². The zero-order valence-electron chi connectivity index (χ0n) is 5.67. The van der Waals surface area contributed by atoms with E-state index < -0.39 is 0 Å². The Labute approximate surface area is 63.3 Å². The van der Waals surface area contributed by atoms with Crippen molar-refractivity contribution in [1.82, 2.24) is 3.96 Å². The van der Waals surface area contributed by atoms with Crippen molar-refractivity contribution >= 4 is 11.5 Å². The van der Waals surface area contributed by atoms with Gasteiger partial charge in [-0.25, -0.2) is 0 Å². The van der Waals surface area contributed by atoms with Crippen LogP contribution in [-0.4, -0.2) is 3.96 Å². The molecule has 0 unspecified atom stereocenters. The molecule has 2 rings (SSSR count). The maximum Gasteiger partial charge on any atom is 0.263 e. The van der Waals surface area contributed by atoms with Crippen LogP contribution in [-0.2, 0) is 13.0 Å². The van der Waals surface area contributed by atoms with Gasteiger partial charge in [-0.2, -0.15) is 0 Å². The van der Waals surface area contributed by atoms with Gasteiger partial charge < -0.3 is 0 Å². The van der Waals surface area contributed by atoms with Crippen LogP contribution in [0.4, 0.5) is 0 Å². The SMILES string of the molecule is O=c1c2csn1CCCC2. The normalized spacial score (nSPS) is 16.8. The molecule has 0 N–H and O–H groups in total. The quantitative estimate of drug-likeness (QED) is 0.552. The second-order valence-electron chi connectivity index (χ2n) is 2.61. The maximum absolute atomic E-state index is 11.2. The Morgan fingerprint density at radius 3 is 3.30 bits per heavy atom. The van der Waals surface area contributed by atoms with Gasteiger partial charge in [-0.05, 0) is 19.3 Å². The van der Waals surface area contributed by atoms with Gasteiger partial charge >= 0.3 is 0 Å². The van der Waals surface area contributed by atoms with E-state index in [1.807, 2.05) is 9.34 Å². The molecule has 1 aromatic heterocycles. The zero-order valence-corrected chi connectivity index (χ0v) is 6.49. The van der Waals surface area contributed by atoms with Crippen LogP contribution in [0.5, 0.6) is 0 Å². The van der Waals surface area contributed by atoms with Gasteiger partial charge in [-0.15, -0.1) is 0 Å². The molecule has 10 heavy (non-hydrogen) atoms. The van der Waals surface area contributed by atoms with Crippen LogP contribution in [0.25, 0.3) is 0 Å². The summed E-state index contributed by atoms with van der Waals surface area (Å²) in [6, 6.07) is 0. The van der Waals surface area contributed by atoms with Gasteiger partial charge in [-0.1, -0.05) is 11.5 Å². The Morgan fingerprint density at radius 2 is 2.40 bits per heavy atom. The molecule has 1 aliphatic rings. The van der Waals surface area contributed by atoms with Crippen LogP contribution < -0.4 is 5.56 Å². The van der Waals surface area contributed by atoms with Crippen LogP contribution in [0.1, 0.15) is 18.4 Å². The molecular formula is C7H9NOS. The Bertz CT molecular complexity index is 260.